The predicted octanol–water partition coefficient (Wildman–Crippen LogP) is 2.59. The molecule has 134 valence electrons. The molecule has 2 aromatic heterocycles. The van der Waals surface area contributed by atoms with Crippen LogP contribution in [0, 0.1) is 5.92 Å². The highest BCUT2D eigenvalue weighted by Crippen LogP contribution is 2.28. The van der Waals surface area contributed by atoms with Crippen LogP contribution in [0.15, 0.2) is 17.5 Å². The van der Waals surface area contributed by atoms with Crippen LogP contribution >= 0.6 is 22.7 Å². The summed E-state index contributed by atoms with van der Waals surface area (Å²) in [4.78, 5) is 33.5. The smallest absolute Gasteiger partial charge is 0.262 e. The molecule has 1 aliphatic heterocycles. The fourth-order valence-electron chi connectivity index (χ4n) is 2.71. The van der Waals surface area contributed by atoms with Crippen molar-refractivity contribution in [3.8, 4) is 0 Å². The minimum absolute atomic E-state index is 0.0235. The molecule has 25 heavy (non-hydrogen) atoms. The van der Waals surface area contributed by atoms with Gasteiger partial charge in [-0.1, -0.05) is 19.9 Å². The Morgan fingerprint density at radius 2 is 2.16 bits per heavy atom. The molecule has 2 aromatic rings. The third kappa shape index (κ3) is 4.26. The molecule has 0 bridgehead atoms. The quantitative estimate of drug-likeness (QED) is 0.839. The van der Waals surface area contributed by atoms with Gasteiger partial charge in [0.2, 0.25) is 5.91 Å². The first-order chi connectivity index (χ1) is 11.9. The standard InChI is InChI=1S/C17H22N4O2S2/c1-10(2)14(19-15(22)12-5-4-8-24-12)16(23)20-17-18-11-6-7-21(3)9-13(11)25-17/h4-5,8,10,14H,6-7,9H2,1-3H3,(H,19,22)(H,18,20,23). The lowest BCUT2D eigenvalue weighted by Crippen LogP contribution is -2.46. The SMILES string of the molecule is CC(C)C(NC(=O)c1cccs1)C(=O)Nc1nc2c(s1)CN(C)CC2. The molecule has 0 fully saturated rings. The number of fused-ring (bicyclic) bond motifs is 1. The van der Waals surface area contributed by atoms with Gasteiger partial charge in [-0.2, -0.15) is 0 Å². The Bertz CT molecular complexity index is 755. The molecule has 8 heteroatoms. The number of thiophene rings is 1. The lowest BCUT2D eigenvalue weighted by molar-refractivity contribution is -0.118. The first kappa shape index (κ1) is 18.0. The number of hydrogen-bond donors (Lipinski definition) is 2. The maximum absolute atomic E-state index is 12.7. The summed E-state index contributed by atoms with van der Waals surface area (Å²) in [5, 5.41) is 8.18. The summed E-state index contributed by atoms with van der Waals surface area (Å²) in [6.45, 7) is 5.68. The number of anilines is 1. The Morgan fingerprint density at radius 3 is 2.84 bits per heavy atom. The van der Waals surface area contributed by atoms with Crippen LogP contribution in [-0.4, -0.2) is 41.3 Å². The Labute approximate surface area is 155 Å². The summed E-state index contributed by atoms with van der Waals surface area (Å²) in [7, 11) is 2.08. The summed E-state index contributed by atoms with van der Waals surface area (Å²) in [6, 6.07) is 2.97. The second kappa shape index (κ2) is 7.63. The summed E-state index contributed by atoms with van der Waals surface area (Å²) in [6.07, 6.45) is 0.904. The molecule has 0 saturated heterocycles. The fourth-order valence-corrected chi connectivity index (χ4v) is 4.43. The summed E-state index contributed by atoms with van der Waals surface area (Å²) in [5.74, 6) is -0.465. The second-order valence-electron chi connectivity index (χ2n) is 6.54. The average Bonchev–Trinajstić information content (AvgIpc) is 3.20. The van der Waals surface area contributed by atoms with E-state index < -0.39 is 6.04 Å². The van der Waals surface area contributed by atoms with Gasteiger partial charge < -0.3 is 15.5 Å². The molecule has 1 unspecified atom stereocenters. The van der Waals surface area contributed by atoms with E-state index >= 15 is 0 Å². The van der Waals surface area contributed by atoms with Crippen LogP contribution in [-0.2, 0) is 17.8 Å². The second-order valence-corrected chi connectivity index (χ2v) is 8.57. The van der Waals surface area contributed by atoms with Gasteiger partial charge >= 0.3 is 0 Å². The highest BCUT2D eigenvalue weighted by molar-refractivity contribution is 7.15. The number of carbonyl (C=O) groups is 2. The van der Waals surface area contributed by atoms with Gasteiger partial charge in [0.1, 0.15) is 6.04 Å². The van der Waals surface area contributed by atoms with Crippen LogP contribution in [0.5, 0.6) is 0 Å². The van der Waals surface area contributed by atoms with Gasteiger partial charge in [-0.15, -0.1) is 22.7 Å². The number of thiazole rings is 1. The molecular weight excluding hydrogens is 356 g/mol. The maximum Gasteiger partial charge on any atom is 0.262 e. The summed E-state index contributed by atoms with van der Waals surface area (Å²) in [5.41, 5.74) is 1.07. The summed E-state index contributed by atoms with van der Waals surface area (Å²) >= 11 is 2.88. The van der Waals surface area contributed by atoms with Crippen molar-refractivity contribution in [3.63, 3.8) is 0 Å². The van der Waals surface area contributed by atoms with Gasteiger partial charge in [0.25, 0.3) is 5.91 Å². The highest BCUT2D eigenvalue weighted by atomic mass is 32.1. The van der Waals surface area contributed by atoms with Crippen molar-refractivity contribution in [1.82, 2.24) is 15.2 Å². The van der Waals surface area contributed by atoms with Crippen molar-refractivity contribution < 1.29 is 9.59 Å². The number of aromatic nitrogens is 1. The normalized spacial score (nSPS) is 15.7. The number of nitrogens with zero attached hydrogens (tertiary/aromatic N) is 2. The Kier molecular flexibility index (Phi) is 5.51. The molecule has 1 atom stereocenters. The van der Waals surface area contributed by atoms with Crippen LogP contribution in [0.2, 0.25) is 0 Å². The molecule has 6 nitrogen and oxygen atoms in total. The Morgan fingerprint density at radius 1 is 1.36 bits per heavy atom. The van der Waals surface area contributed by atoms with Crippen LogP contribution in [0.3, 0.4) is 0 Å². The topological polar surface area (TPSA) is 74.3 Å². The van der Waals surface area contributed by atoms with E-state index in [0.717, 1.165) is 25.2 Å². The van der Waals surface area contributed by atoms with E-state index in [1.165, 1.54) is 27.6 Å². The largest absolute Gasteiger partial charge is 0.339 e. The zero-order valence-corrected chi connectivity index (χ0v) is 16.2. The number of amides is 2. The molecule has 3 rings (SSSR count). The molecule has 2 N–H and O–H groups in total. The van der Waals surface area contributed by atoms with E-state index in [-0.39, 0.29) is 17.7 Å². The van der Waals surface area contributed by atoms with Gasteiger partial charge in [0, 0.05) is 24.4 Å². The number of likely N-dealkylation sites (N-methyl/N-ethyl adjacent to an activating group) is 1. The van der Waals surface area contributed by atoms with Crippen molar-refractivity contribution in [2.75, 3.05) is 18.9 Å². The number of nitrogens with one attached hydrogen (secondary N) is 2. The zero-order chi connectivity index (χ0) is 18.0. The monoisotopic (exact) mass is 378 g/mol. The average molecular weight is 379 g/mol. The van der Waals surface area contributed by atoms with E-state index in [1.54, 1.807) is 6.07 Å². The lowest BCUT2D eigenvalue weighted by atomic mass is 10.0. The van der Waals surface area contributed by atoms with E-state index in [0.29, 0.717) is 10.0 Å². The van der Waals surface area contributed by atoms with Crippen LogP contribution < -0.4 is 10.6 Å². The van der Waals surface area contributed by atoms with Crippen molar-refractivity contribution in [3.05, 3.63) is 33.0 Å². The van der Waals surface area contributed by atoms with Gasteiger partial charge in [-0.05, 0) is 24.4 Å². The molecule has 2 amide bonds. The first-order valence-corrected chi connectivity index (χ1v) is 9.96. The van der Waals surface area contributed by atoms with Crippen LogP contribution in [0.4, 0.5) is 5.13 Å². The van der Waals surface area contributed by atoms with E-state index in [9.17, 15) is 9.59 Å². The molecule has 1 aliphatic rings. The Hall–Kier alpha value is -1.77. The van der Waals surface area contributed by atoms with Gasteiger partial charge in [0.05, 0.1) is 10.6 Å². The molecule has 0 aromatic carbocycles. The van der Waals surface area contributed by atoms with Gasteiger partial charge in [-0.25, -0.2) is 4.98 Å². The van der Waals surface area contributed by atoms with Crippen molar-refractivity contribution in [2.24, 2.45) is 5.92 Å². The van der Waals surface area contributed by atoms with Crippen molar-refractivity contribution in [2.45, 2.75) is 32.9 Å². The molecule has 3 heterocycles. The molecular formula is C17H22N4O2S2. The number of carbonyl (C=O) groups excluding carboxylic acids is 2. The van der Waals surface area contributed by atoms with E-state index in [1.807, 2.05) is 25.3 Å². The predicted molar refractivity (Wildman–Crippen MR) is 101 cm³/mol. The van der Waals surface area contributed by atoms with Gasteiger partial charge in [0.15, 0.2) is 5.13 Å². The van der Waals surface area contributed by atoms with Crippen LogP contribution in [0.25, 0.3) is 0 Å². The van der Waals surface area contributed by atoms with Gasteiger partial charge in [-0.3, -0.25) is 9.59 Å². The number of rotatable bonds is 5. The van der Waals surface area contributed by atoms with Crippen molar-refractivity contribution in [1.29, 1.82) is 0 Å². The molecule has 0 saturated carbocycles. The summed E-state index contributed by atoms with van der Waals surface area (Å²) < 4.78 is 0. The van der Waals surface area contributed by atoms with Crippen molar-refractivity contribution >= 4 is 39.6 Å². The third-order valence-electron chi connectivity index (χ3n) is 4.13. The number of hydrogen-bond acceptors (Lipinski definition) is 6. The van der Waals surface area contributed by atoms with E-state index in [4.69, 9.17) is 0 Å². The third-order valence-corrected chi connectivity index (χ3v) is 6.00. The highest BCUT2D eigenvalue weighted by Gasteiger charge is 2.27. The Balaban J connectivity index is 1.68. The fraction of sp³-hybridized carbons (Fsp3) is 0.471. The van der Waals surface area contributed by atoms with E-state index in [2.05, 4.69) is 27.6 Å². The minimum atomic E-state index is -0.599. The van der Waals surface area contributed by atoms with Crippen LogP contribution in [0.1, 0.15) is 34.1 Å². The lowest BCUT2D eigenvalue weighted by Gasteiger charge is -2.20. The first-order valence-electron chi connectivity index (χ1n) is 8.26. The molecule has 0 aliphatic carbocycles. The maximum atomic E-state index is 12.7. The molecule has 0 radical (unpaired) electrons. The zero-order valence-electron chi connectivity index (χ0n) is 14.5. The molecule has 0 spiro atoms. The minimum Gasteiger partial charge on any atom is -0.339 e.